The van der Waals surface area contributed by atoms with Crippen LogP contribution in [0.3, 0.4) is 0 Å². The normalized spacial score (nSPS) is 11.2. The Bertz CT molecular complexity index is 952. The maximum Gasteiger partial charge on any atom is 0.330 e. The number of aromatic amines is 2. The zero-order valence-corrected chi connectivity index (χ0v) is 13.1. The molecule has 21 heavy (non-hydrogen) atoms. The lowest BCUT2D eigenvalue weighted by atomic mass is 10.1. The van der Waals surface area contributed by atoms with Crippen LogP contribution < -0.4 is 11.2 Å². The monoisotopic (exact) mass is 348 g/mol. The predicted molar refractivity (Wildman–Crippen MR) is 84.5 cm³/mol. The van der Waals surface area contributed by atoms with Crippen molar-refractivity contribution in [1.82, 2.24) is 19.5 Å². The van der Waals surface area contributed by atoms with Crippen LogP contribution in [0.5, 0.6) is 0 Å². The van der Waals surface area contributed by atoms with E-state index in [2.05, 4.69) is 30.9 Å². The van der Waals surface area contributed by atoms with Crippen molar-refractivity contribution in [2.24, 2.45) is 0 Å². The SMILES string of the molecule is CCn1c(=O)[nH]c(=O)c2[nH]c(-c3ccc(C)c(Br)c3)nc21. The molecule has 0 aliphatic rings. The molecule has 2 N–H and O–H groups in total. The maximum absolute atomic E-state index is 11.9. The topological polar surface area (TPSA) is 83.5 Å². The van der Waals surface area contributed by atoms with E-state index in [9.17, 15) is 9.59 Å². The number of fused-ring (bicyclic) bond motifs is 1. The Balaban J connectivity index is 2.30. The van der Waals surface area contributed by atoms with Crippen LogP contribution >= 0.6 is 15.9 Å². The number of nitrogens with zero attached hydrogens (tertiary/aromatic N) is 2. The van der Waals surface area contributed by atoms with Crippen molar-refractivity contribution >= 4 is 27.1 Å². The van der Waals surface area contributed by atoms with Crippen molar-refractivity contribution < 1.29 is 0 Å². The maximum atomic E-state index is 11.9. The summed E-state index contributed by atoms with van der Waals surface area (Å²) in [6.45, 7) is 4.26. The predicted octanol–water partition coefficient (Wildman–Crippen LogP) is 2.17. The van der Waals surface area contributed by atoms with Gasteiger partial charge in [0.25, 0.3) is 5.56 Å². The number of nitrogens with one attached hydrogen (secondary N) is 2. The molecular formula is C14H13BrN4O2. The van der Waals surface area contributed by atoms with Crippen LogP contribution in [0.2, 0.25) is 0 Å². The molecule has 0 aliphatic carbocycles. The molecule has 0 amide bonds. The van der Waals surface area contributed by atoms with E-state index in [0.717, 1.165) is 15.6 Å². The average Bonchev–Trinajstić information content (AvgIpc) is 2.87. The minimum atomic E-state index is -0.454. The van der Waals surface area contributed by atoms with E-state index in [1.54, 1.807) is 0 Å². The summed E-state index contributed by atoms with van der Waals surface area (Å²) in [6, 6.07) is 5.81. The van der Waals surface area contributed by atoms with E-state index >= 15 is 0 Å². The summed E-state index contributed by atoms with van der Waals surface area (Å²) in [6.07, 6.45) is 0. The Morgan fingerprint density at radius 3 is 2.71 bits per heavy atom. The first-order valence-corrected chi connectivity index (χ1v) is 7.30. The highest BCUT2D eigenvalue weighted by Crippen LogP contribution is 2.24. The van der Waals surface area contributed by atoms with Crippen molar-refractivity contribution in [3.8, 4) is 11.4 Å². The van der Waals surface area contributed by atoms with Crippen LogP contribution in [0.4, 0.5) is 0 Å². The van der Waals surface area contributed by atoms with Crippen molar-refractivity contribution in [2.75, 3.05) is 0 Å². The highest BCUT2D eigenvalue weighted by Gasteiger charge is 2.13. The van der Waals surface area contributed by atoms with Crippen LogP contribution in [0.1, 0.15) is 12.5 Å². The zero-order valence-electron chi connectivity index (χ0n) is 11.5. The molecule has 0 bridgehead atoms. The van der Waals surface area contributed by atoms with E-state index in [1.807, 2.05) is 32.0 Å². The van der Waals surface area contributed by atoms with Gasteiger partial charge in [-0.3, -0.25) is 14.3 Å². The smallest absolute Gasteiger partial charge is 0.330 e. The van der Waals surface area contributed by atoms with E-state index in [1.165, 1.54) is 4.57 Å². The molecule has 0 atom stereocenters. The highest BCUT2D eigenvalue weighted by molar-refractivity contribution is 9.10. The number of imidazole rings is 1. The summed E-state index contributed by atoms with van der Waals surface area (Å²) >= 11 is 3.48. The van der Waals surface area contributed by atoms with Gasteiger partial charge in [-0.1, -0.05) is 28.1 Å². The molecule has 3 aromatic rings. The van der Waals surface area contributed by atoms with Gasteiger partial charge in [0.1, 0.15) is 11.3 Å². The summed E-state index contributed by atoms with van der Waals surface area (Å²) in [5.74, 6) is 0.559. The molecule has 1 aromatic carbocycles. The third kappa shape index (κ3) is 2.23. The van der Waals surface area contributed by atoms with Gasteiger partial charge in [-0.15, -0.1) is 0 Å². The molecule has 0 saturated carbocycles. The molecule has 108 valence electrons. The first-order chi connectivity index (χ1) is 10.0. The number of aryl methyl sites for hydroxylation is 2. The van der Waals surface area contributed by atoms with Gasteiger partial charge in [-0.25, -0.2) is 9.78 Å². The van der Waals surface area contributed by atoms with Gasteiger partial charge >= 0.3 is 5.69 Å². The summed E-state index contributed by atoms with van der Waals surface area (Å²) < 4.78 is 2.39. The van der Waals surface area contributed by atoms with Crippen LogP contribution in [0.15, 0.2) is 32.3 Å². The van der Waals surface area contributed by atoms with Crippen LogP contribution in [0, 0.1) is 6.92 Å². The van der Waals surface area contributed by atoms with Gasteiger partial charge in [0.05, 0.1) is 0 Å². The van der Waals surface area contributed by atoms with Crippen molar-refractivity contribution in [3.05, 3.63) is 49.1 Å². The molecule has 0 spiro atoms. The first-order valence-electron chi connectivity index (χ1n) is 6.50. The lowest BCUT2D eigenvalue weighted by molar-refractivity contribution is 0.720. The number of halogens is 1. The first kappa shape index (κ1) is 13.8. The summed E-state index contributed by atoms with van der Waals surface area (Å²) in [5, 5.41) is 0. The Hall–Kier alpha value is -2.15. The molecular weight excluding hydrogens is 336 g/mol. The number of benzene rings is 1. The number of H-pyrrole nitrogens is 2. The van der Waals surface area contributed by atoms with Crippen molar-refractivity contribution in [3.63, 3.8) is 0 Å². The van der Waals surface area contributed by atoms with Gasteiger partial charge in [0.2, 0.25) is 0 Å². The average molecular weight is 349 g/mol. The Morgan fingerprint density at radius 1 is 1.29 bits per heavy atom. The summed E-state index contributed by atoms with van der Waals surface area (Å²) in [4.78, 5) is 33.4. The Labute approximate surface area is 128 Å². The molecule has 0 aliphatic heterocycles. The second kappa shape index (κ2) is 5.00. The minimum absolute atomic E-state index is 0.308. The van der Waals surface area contributed by atoms with Gasteiger partial charge in [0.15, 0.2) is 5.65 Å². The molecule has 2 aromatic heterocycles. The standard InChI is InChI=1S/C14H13BrN4O2/c1-3-19-12-10(13(20)18-14(19)21)16-11(17-12)8-5-4-7(2)9(15)6-8/h4-6H,3H2,1-2H3,(H,16,17)(H,18,20,21). The third-order valence-electron chi connectivity index (χ3n) is 3.39. The molecule has 6 nitrogen and oxygen atoms in total. The fourth-order valence-corrected chi connectivity index (χ4v) is 2.59. The molecule has 3 rings (SSSR count). The minimum Gasteiger partial charge on any atom is -0.332 e. The van der Waals surface area contributed by atoms with Gasteiger partial charge in [0, 0.05) is 16.6 Å². The van der Waals surface area contributed by atoms with Crippen molar-refractivity contribution in [2.45, 2.75) is 20.4 Å². The van der Waals surface area contributed by atoms with E-state index < -0.39 is 11.2 Å². The largest absolute Gasteiger partial charge is 0.332 e. The Kier molecular flexibility index (Phi) is 3.29. The third-order valence-corrected chi connectivity index (χ3v) is 4.25. The second-order valence-electron chi connectivity index (χ2n) is 4.75. The lowest BCUT2D eigenvalue weighted by Gasteiger charge is -2.01. The van der Waals surface area contributed by atoms with E-state index in [0.29, 0.717) is 23.5 Å². The van der Waals surface area contributed by atoms with E-state index in [4.69, 9.17) is 0 Å². The molecule has 0 unspecified atom stereocenters. The second-order valence-corrected chi connectivity index (χ2v) is 5.61. The number of aromatic nitrogens is 4. The van der Waals surface area contributed by atoms with E-state index in [-0.39, 0.29) is 0 Å². The highest BCUT2D eigenvalue weighted by atomic mass is 79.9. The summed E-state index contributed by atoms with van der Waals surface area (Å²) in [7, 11) is 0. The lowest BCUT2D eigenvalue weighted by Crippen LogP contribution is -2.29. The molecule has 0 radical (unpaired) electrons. The van der Waals surface area contributed by atoms with Gasteiger partial charge in [-0.2, -0.15) is 0 Å². The van der Waals surface area contributed by atoms with Crippen molar-refractivity contribution in [1.29, 1.82) is 0 Å². The molecule has 0 fully saturated rings. The number of hydrogen-bond donors (Lipinski definition) is 2. The molecule has 7 heteroatoms. The fraction of sp³-hybridized carbons (Fsp3) is 0.214. The fourth-order valence-electron chi connectivity index (χ4n) is 2.21. The molecule has 2 heterocycles. The number of hydrogen-bond acceptors (Lipinski definition) is 3. The Morgan fingerprint density at radius 2 is 2.05 bits per heavy atom. The molecule has 0 saturated heterocycles. The number of rotatable bonds is 2. The summed E-state index contributed by atoms with van der Waals surface area (Å²) in [5.41, 5.74) is 1.74. The van der Waals surface area contributed by atoms with Crippen LogP contribution in [-0.2, 0) is 6.54 Å². The zero-order chi connectivity index (χ0) is 15.1. The van der Waals surface area contributed by atoms with Crippen LogP contribution in [0.25, 0.3) is 22.6 Å². The van der Waals surface area contributed by atoms with Gasteiger partial charge in [-0.05, 0) is 25.5 Å². The van der Waals surface area contributed by atoms with Gasteiger partial charge < -0.3 is 4.98 Å². The van der Waals surface area contributed by atoms with Crippen LogP contribution in [-0.4, -0.2) is 19.5 Å². The quantitative estimate of drug-likeness (QED) is 0.744.